The molecule has 4 heteroatoms. The molecule has 0 saturated heterocycles. The molecule has 1 saturated carbocycles. The van der Waals surface area contributed by atoms with Crippen LogP contribution in [-0.2, 0) is 0 Å². The normalized spacial score (nSPS) is 18.5. The van der Waals surface area contributed by atoms with Crippen LogP contribution in [0.4, 0.5) is 4.79 Å². The third kappa shape index (κ3) is 3.30. The van der Waals surface area contributed by atoms with Crippen molar-refractivity contribution in [2.24, 2.45) is 5.92 Å². The van der Waals surface area contributed by atoms with E-state index >= 15 is 0 Å². The number of urea groups is 1. The van der Waals surface area contributed by atoms with Crippen LogP contribution in [0.3, 0.4) is 0 Å². The lowest BCUT2D eigenvalue weighted by Gasteiger charge is -2.12. The van der Waals surface area contributed by atoms with Gasteiger partial charge < -0.3 is 10.6 Å². The van der Waals surface area contributed by atoms with Crippen molar-refractivity contribution in [2.45, 2.75) is 25.8 Å². The van der Waals surface area contributed by atoms with Crippen molar-refractivity contribution in [1.82, 2.24) is 10.6 Å². The minimum absolute atomic E-state index is 0.102. The molecule has 1 atom stereocenters. The summed E-state index contributed by atoms with van der Waals surface area (Å²) in [5, 5.41) is 5.53. The van der Waals surface area contributed by atoms with E-state index in [1.807, 2.05) is 6.92 Å². The van der Waals surface area contributed by atoms with Crippen LogP contribution in [0.25, 0.3) is 0 Å². The van der Waals surface area contributed by atoms with Crippen molar-refractivity contribution in [1.29, 1.82) is 0 Å². The second kappa shape index (κ2) is 4.55. The van der Waals surface area contributed by atoms with Crippen molar-refractivity contribution in [3.05, 3.63) is 0 Å². The smallest absolute Gasteiger partial charge is 0.315 e. The van der Waals surface area contributed by atoms with E-state index in [0.29, 0.717) is 24.4 Å². The Bertz CT molecular complexity index is 159. The Morgan fingerprint density at radius 1 is 1.67 bits per heavy atom. The van der Waals surface area contributed by atoms with Gasteiger partial charge in [-0.2, -0.15) is 0 Å². The van der Waals surface area contributed by atoms with Crippen LogP contribution < -0.4 is 10.6 Å². The standard InChI is InChI=1S/C8H15ClN2O/c1-6(7-2-3-7)11-8(12)10-5-4-9/h6-7H,2-5H2,1H3,(H2,10,11,12). The molecule has 0 radical (unpaired) electrons. The van der Waals surface area contributed by atoms with Crippen molar-refractivity contribution in [3.63, 3.8) is 0 Å². The summed E-state index contributed by atoms with van der Waals surface area (Å²) in [6.07, 6.45) is 2.49. The molecular weight excluding hydrogens is 176 g/mol. The fourth-order valence-electron chi connectivity index (χ4n) is 1.13. The topological polar surface area (TPSA) is 41.1 Å². The largest absolute Gasteiger partial charge is 0.337 e. The minimum Gasteiger partial charge on any atom is -0.337 e. The number of hydrogen-bond acceptors (Lipinski definition) is 1. The van der Waals surface area contributed by atoms with Gasteiger partial charge in [0.15, 0.2) is 0 Å². The van der Waals surface area contributed by atoms with Crippen LogP contribution in [0.2, 0.25) is 0 Å². The van der Waals surface area contributed by atoms with Gasteiger partial charge in [0, 0.05) is 18.5 Å². The fraction of sp³-hybridized carbons (Fsp3) is 0.875. The van der Waals surface area contributed by atoms with E-state index in [4.69, 9.17) is 11.6 Å². The monoisotopic (exact) mass is 190 g/mol. The lowest BCUT2D eigenvalue weighted by Crippen LogP contribution is -2.42. The summed E-state index contributed by atoms with van der Waals surface area (Å²) in [6.45, 7) is 2.57. The molecule has 70 valence electrons. The van der Waals surface area contributed by atoms with E-state index in [1.165, 1.54) is 12.8 Å². The number of carbonyl (C=O) groups excluding carboxylic acids is 1. The summed E-state index contributed by atoms with van der Waals surface area (Å²) in [7, 11) is 0. The molecule has 0 aromatic rings. The van der Waals surface area contributed by atoms with Crippen LogP contribution >= 0.6 is 11.6 Å². The maximum absolute atomic E-state index is 11.1. The number of amides is 2. The first-order chi connectivity index (χ1) is 5.74. The van der Waals surface area contributed by atoms with E-state index in [2.05, 4.69) is 10.6 Å². The SMILES string of the molecule is CC(NC(=O)NCCCl)C1CC1. The van der Waals surface area contributed by atoms with Crippen molar-refractivity contribution >= 4 is 17.6 Å². The highest BCUT2D eigenvalue weighted by atomic mass is 35.5. The molecule has 0 spiro atoms. The van der Waals surface area contributed by atoms with E-state index < -0.39 is 0 Å². The molecule has 1 fully saturated rings. The Labute approximate surface area is 77.9 Å². The first kappa shape index (κ1) is 9.65. The van der Waals surface area contributed by atoms with Gasteiger partial charge in [0.2, 0.25) is 0 Å². The lowest BCUT2D eigenvalue weighted by molar-refractivity contribution is 0.237. The van der Waals surface area contributed by atoms with Gasteiger partial charge in [-0.05, 0) is 25.7 Å². The predicted molar refractivity (Wildman–Crippen MR) is 49.4 cm³/mol. The second-order valence-corrected chi connectivity index (χ2v) is 3.59. The number of nitrogens with one attached hydrogen (secondary N) is 2. The van der Waals surface area contributed by atoms with E-state index in [-0.39, 0.29) is 6.03 Å². The van der Waals surface area contributed by atoms with Gasteiger partial charge in [-0.1, -0.05) is 0 Å². The molecule has 0 aliphatic heterocycles. The highest BCUT2D eigenvalue weighted by Gasteiger charge is 2.28. The average Bonchev–Trinajstić information content (AvgIpc) is 2.82. The quantitative estimate of drug-likeness (QED) is 0.646. The van der Waals surface area contributed by atoms with Crippen LogP contribution in [0.15, 0.2) is 0 Å². The number of hydrogen-bond donors (Lipinski definition) is 2. The third-order valence-corrected chi connectivity index (χ3v) is 2.26. The lowest BCUT2D eigenvalue weighted by atomic mass is 10.2. The van der Waals surface area contributed by atoms with Crippen LogP contribution in [0, 0.1) is 5.92 Å². The first-order valence-electron chi connectivity index (χ1n) is 4.34. The highest BCUT2D eigenvalue weighted by Crippen LogP contribution is 2.32. The van der Waals surface area contributed by atoms with Gasteiger partial charge in [0.05, 0.1) is 0 Å². The number of carbonyl (C=O) groups is 1. The fourth-order valence-corrected chi connectivity index (χ4v) is 1.23. The van der Waals surface area contributed by atoms with Crippen LogP contribution in [-0.4, -0.2) is 24.5 Å². The molecule has 1 rings (SSSR count). The summed E-state index contributed by atoms with van der Waals surface area (Å²) in [5.74, 6) is 1.16. The molecule has 0 heterocycles. The molecule has 0 aromatic carbocycles. The van der Waals surface area contributed by atoms with E-state index in [1.54, 1.807) is 0 Å². The van der Waals surface area contributed by atoms with Crippen LogP contribution in [0.1, 0.15) is 19.8 Å². The minimum atomic E-state index is -0.102. The maximum atomic E-state index is 11.1. The van der Waals surface area contributed by atoms with Crippen molar-refractivity contribution in [2.75, 3.05) is 12.4 Å². The molecular formula is C8H15ClN2O. The molecule has 2 amide bonds. The summed E-state index contributed by atoms with van der Waals surface area (Å²) in [5.41, 5.74) is 0. The van der Waals surface area contributed by atoms with E-state index in [0.717, 1.165) is 0 Å². The summed E-state index contributed by atoms with van der Waals surface area (Å²) in [6, 6.07) is 0.204. The van der Waals surface area contributed by atoms with Gasteiger partial charge in [-0.15, -0.1) is 11.6 Å². The molecule has 2 N–H and O–H groups in total. The van der Waals surface area contributed by atoms with Crippen LogP contribution in [0.5, 0.6) is 0 Å². The summed E-state index contributed by atoms with van der Waals surface area (Å²) in [4.78, 5) is 11.1. The molecule has 0 aromatic heterocycles. The Balaban J connectivity index is 2.07. The first-order valence-corrected chi connectivity index (χ1v) is 4.88. The van der Waals surface area contributed by atoms with Gasteiger partial charge in [0.25, 0.3) is 0 Å². The molecule has 1 aliphatic carbocycles. The zero-order valence-corrected chi connectivity index (χ0v) is 8.03. The molecule has 0 bridgehead atoms. The maximum Gasteiger partial charge on any atom is 0.315 e. The van der Waals surface area contributed by atoms with Crippen molar-refractivity contribution in [3.8, 4) is 0 Å². The van der Waals surface area contributed by atoms with Gasteiger partial charge >= 0.3 is 6.03 Å². The Hall–Kier alpha value is -0.440. The number of rotatable bonds is 4. The molecule has 1 unspecified atom stereocenters. The number of halogens is 1. The van der Waals surface area contributed by atoms with Crippen molar-refractivity contribution < 1.29 is 4.79 Å². The second-order valence-electron chi connectivity index (χ2n) is 3.22. The zero-order valence-electron chi connectivity index (χ0n) is 7.27. The zero-order chi connectivity index (χ0) is 8.97. The molecule has 3 nitrogen and oxygen atoms in total. The van der Waals surface area contributed by atoms with Gasteiger partial charge in [-0.25, -0.2) is 4.79 Å². The third-order valence-electron chi connectivity index (χ3n) is 2.07. The average molecular weight is 191 g/mol. The summed E-state index contributed by atoms with van der Waals surface area (Å²) < 4.78 is 0. The van der Waals surface area contributed by atoms with E-state index in [9.17, 15) is 4.79 Å². The summed E-state index contributed by atoms with van der Waals surface area (Å²) >= 11 is 5.41. The van der Waals surface area contributed by atoms with Gasteiger partial charge in [0.1, 0.15) is 0 Å². The highest BCUT2D eigenvalue weighted by molar-refractivity contribution is 6.18. The molecule has 1 aliphatic rings. The molecule has 12 heavy (non-hydrogen) atoms. The van der Waals surface area contributed by atoms with Gasteiger partial charge in [-0.3, -0.25) is 0 Å². The Kier molecular flexibility index (Phi) is 3.66. The Morgan fingerprint density at radius 2 is 2.33 bits per heavy atom. The Morgan fingerprint density at radius 3 is 2.83 bits per heavy atom. The predicted octanol–water partition coefficient (Wildman–Crippen LogP) is 1.32. The number of alkyl halides is 1.